The summed E-state index contributed by atoms with van der Waals surface area (Å²) in [5.41, 5.74) is 1.99. The van der Waals surface area contributed by atoms with Gasteiger partial charge in [0, 0.05) is 13.0 Å². The van der Waals surface area contributed by atoms with E-state index in [2.05, 4.69) is 15.3 Å². The summed E-state index contributed by atoms with van der Waals surface area (Å²) in [5, 5.41) is 2.89. The Labute approximate surface area is 156 Å². The van der Waals surface area contributed by atoms with Gasteiger partial charge in [0.1, 0.15) is 23.5 Å². The minimum atomic E-state index is -0.560. The summed E-state index contributed by atoms with van der Waals surface area (Å²) < 4.78 is 26.7. The first-order valence-corrected chi connectivity index (χ1v) is 8.78. The summed E-state index contributed by atoms with van der Waals surface area (Å²) in [6, 6.07) is 9.92. The third-order valence-electron chi connectivity index (χ3n) is 4.31. The molecule has 0 fully saturated rings. The number of rotatable bonds is 7. The number of carbonyl (C=O) groups excluding carboxylic acids is 1. The van der Waals surface area contributed by atoms with E-state index in [1.165, 1.54) is 24.3 Å². The Bertz CT molecular complexity index is 939. The van der Waals surface area contributed by atoms with E-state index in [1.807, 2.05) is 0 Å². The Kier molecular flexibility index (Phi) is 5.81. The number of H-pyrrole nitrogens is 1. The Morgan fingerprint density at radius 1 is 1.19 bits per heavy atom. The molecule has 1 amide bonds. The molecule has 0 bridgehead atoms. The zero-order valence-corrected chi connectivity index (χ0v) is 15.3. The molecule has 5 nitrogen and oxygen atoms in total. The van der Waals surface area contributed by atoms with Crippen molar-refractivity contribution in [2.24, 2.45) is 0 Å². The van der Waals surface area contributed by atoms with Gasteiger partial charge in [-0.2, -0.15) is 0 Å². The van der Waals surface area contributed by atoms with Crippen LogP contribution in [0.2, 0.25) is 0 Å². The molecule has 0 radical (unpaired) electrons. The topological polar surface area (TPSA) is 61.0 Å². The maximum Gasteiger partial charge on any atom is 0.241 e. The largest absolute Gasteiger partial charge is 0.354 e. The van der Waals surface area contributed by atoms with Gasteiger partial charge in [-0.3, -0.25) is 9.69 Å². The average molecular weight is 372 g/mol. The Hall–Kier alpha value is -2.80. The highest BCUT2D eigenvalue weighted by atomic mass is 19.1. The van der Waals surface area contributed by atoms with Crippen molar-refractivity contribution in [2.45, 2.75) is 18.9 Å². The summed E-state index contributed by atoms with van der Waals surface area (Å²) in [4.78, 5) is 21.8. The van der Waals surface area contributed by atoms with E-state index in [9.17, 15) is 13.6 Å². The molecular weight excluding hydrogens is 350 g/mol. The highest BCUT2D eigenvalue weighted by Gasteiger charge is 2.22. The van der Waals surface area contributed by atoms with Gasteiger partial charge in [-0.05, 0) is 56.4 Å². The van der Waals surface area contributed by atoms with Crippen LogP contribution in [0.25, 0.3) is 11.0 Å². The van der Waals surface area contributed by atoms with Crippen molar-refractivity contribution in [1.82, 2.24) is 20.2 Å². The average Bonchev–Trinajstić information content (AvgIpc) is 3.00. The zero-order valence-electron chi connectivity index (χ0n) is 15.3. The van der Waals surface area contributed by atoms with Gasteiger partial charge < -0.3 is 10.3 Å². The molecule has 1 aromatic heterocycles. The van der Waals surface area contributed by atoms with Crippen LogP contribution in [0.15, 0.2) is 42.5 Å². The normalized spacial score (nSPS) is 12.5. The number of fused-ring (bicyclic) bond motifs is 1. The lowest BCUT2D eigenvalue weighted by molar-refractivity contribution is -0.125. The minimum Gasteiger partial charge on any atom is -0.354 e. The summed E-state index contributed by atoms with van der Waals surface area (Å²) in [7, 11) is 3.56. The second kappa shape index (κ2) is 8.26. The second-order valence-corrected chi connectivity index (χ2v) is 6.66. The smallest absolute Gasteiger partial charge is 0.241 e. The molecule has 1 heterocycles. The van der Waals surface area contributed by atoms with Gasteiger partial charge in [0.15, 0.2) is 0 Å². The number of aromatic nitrogens is 2. The Morgan fingerprint density at radius 2 is 1.96 bits per heavy atom. The van der Waals surface area contributed by atoms with Crippen LogP contribution in [0.1, 0.15) is 23.9 Å². The Morgan fingerprint density at radius 3 is 2.70 bits per heavy atom. The molecule has 142 valence electrons. The number of nitrogens with one attached hydrogen (secondary N) is 2. The number of likely N-dealkylation sites (N-methyl/N-ethyl adjacent to an activating group) is 1. The number of imidazole rings is 1. The van der Waals surface area contributed by atoms with E-state index in [1.54, 1.807) is 37.2 Å². The number of aromatic amines is 1. The number of hydrogen-bond acceptors (Lipinski definition) is 3. The van der Waals surface area contributed by atoms with Gasteiger partial charge in [0.05, 0.1) is 11.0 Å². The minimum absolute atomic E-state index is 0.183. The van der Waals surface area contributed by atoms with Crippen molar-refractivity contribution >= 4 is 16.9 Å². The number of hydrogen-bond donors (Lipinski definition) is 2. The first-order chi connectivity index (χ1) is 12.9. The maximum atomic E-state index is 13.5. The van der Waals surface area contributed by atoms with Crippen molar-refractivity contribution < 1.29 is 13.6 Å². The fourth-order valence-corrected chi connectivity index (χ4v) is 3.08. The standard InChI is InChI=1S/C20H22F2N4O/c1-26(2)19(13-5-3-6-14(21)11-13)20(27)23-10-4-7-18-24-16-9-8-15(22)12-17(16)25-18/h3,5-6,8-9,11-12,19H,4,7,10H2,1-2H3,(H,23,27)(H,24,25)/t19-/m1/s1. The third-order valence-corrected chi connectivity index (χ3v) is 4.31. The predicted molar refractivity (Wildman–Crippen MR) is 100 cm³/mol. The predicted octanol–water partition coefficient (Wildman–Crippen LogP) is 3.19. The molecule has 3 aromatic rings. The lowest BCUT2D eigenvalue weighted by atomic mass is 10.0. The van der Waals surface area contributed by atoms with Gasteiger partial charge in [-0.25, -0.2) is 13.8 Å². The second-order valence-electron chi connectivity index (χ2n) is 6.66. The van der Waals surface area contributed by atoms with E-state index in [0.717, 1.165) is 5.82 Å². The van der Waals surface area contributed by atoms with Crippen LogP contribution < -0.4 is 5.32 Å². The first kappa shape index (κ1) is 19.0. The molecule has 0 saturated carbocycles. The number of nitrogens with zero attached hydrogens (tertiary/aromatic N) is 2. The number of carbonyl (C=O) groups is 1. The molecule has 0 saturated heterocycles. The van der Waals surface area contributed by atoms with Gasteiger partial charge in [0.25, 0.3) is 0 Å². The number of benzene rings is 2. The van der Waals surface area contributed by atoms with Gasteiger partial charge in [0.2, 0.25) is 5.91 Å². The van der Waals surface area contributed by atoms with Crippen molar-refractivity contribution in [2.75, 3.05) is 20.6 Å². The van der Waals surface area contributed by atoms with Crippen molar-refractivity contribution in [3.05, 3.63) is 65.5 Å². The van der Waals surface area contributed by atoms with Crippen LogP contribution in [0, 0.1) is 11.6 Å². The monoisotopic (exact) mass is 372 g/mol. The number of amides is 1. The van der Waals surface area contributed by atoms with Crippen molar-refractivity contribution in [3.63, 3.8) is 0 Å². The summed E-state index contributed by atoms with van der Waals surface area (Å²) in [6.45, 7) is 0.462. The Balaban J connectivity index is 1.55. The van der Waals surface area contributed by atoms with Gasteiger partial charge in [-0.1, -0.05) is 12.1 Å². The van der Waals surface area contributed by atoms with E-state index in [-0.39, 0.29) is 17.5 Å². The quantitative estimate of drug-likeness (QED) is 0.626. The maximum absolute atomic E-state index is 13.5. The van der Waals surface area contributed by atoms with Crippen LogP contribution in [0.3, 0.4) is 0 Å². The highest BCUT2D eigenvalue weighted by molar-refractivity contribution is 5.83. The lowest BCUT2D eigenvalue weighted by Gasteiger charge is -2.23. The third kappa shape index (κ3) is 4.68. The molecule has 1 atom stereocenters. The van der Waals surface area contributed by atoms with Gasteiger partial charge >= 0.3 is 0 Å². The molecule has 0 spiro atoms. The van der Waals surface area contributed by atoms with E-state index >= 15 is 0 Å². The summed E-state index contributed by atoms with van der Waals surface area (Å²) in [5.74, 6) is -0.109. The SMILES string of the molecule is CN(C)[C@@H](C(=O)NCCCc1nc2ccc(F)cc2[nH]1)c1cccc(F)c1. The number of aryl methyl sites for hydroxylation is 1. The van der Waals surface area contributed by atoms with Crippen LogP contribution >= 0.6 is 0 Å². The molecule has 3 rings (SSSR count). The molecule has 27 heavy (non-hydrogen) atoms. The van der Waals surface area contributed by atoms with Crippen LogP contribution in [0.4, 0.5) is 8.78 Å². The van der Waals surface area contributed by atoms with Crippen molar-refractivity contribution in [3.8, 4) is 0 Å². The zero-order chi connectivity index (χ0) is 19.4. The molecule has 0 aliphatic carbocycles. The molecule has 7 heteroatoms. The lowest BCUT2D eigenvalue weighted by Crippen LogP contribution is -2.37. The van der Waals surface area contributed by atoms with Crippen LogP contribution in [-0.2, 0) is 11.2 Å². The fourth-order valence-electron chi connectivity index (χ4n) is 3.08. The molecule has 0 unspecified atom stereocenters. The molecule has 2 N–H and O–H groups in total. The highest BCUT2D eigenvalue weighted by Crippen LogP contribution is 2.19. The molecule has 2 aromatic carbocycles. The van der Waals surface area contributed by atoms with Crippen LogP contribution in [0.5, 0.6) is 0 Å². The fraction of sp³-hybridized carbons (Fsp3) is 0.300. The van der Waals surface area contributed by atoms with Crippen LogP contribution in [-0.4, -0.2) is 41.4 Å². The van der Waals surface area contributed by atoms with E-state index in [0.29, 0.717) is 36.0 Å². The molecular formula is C20H22F2N4O. The number of halogens is 2. The van der Waals surface area contributed by atoms with Gasteiger partial charge in [-0.15, -0.1) is 0 Å². The summed E-state index contributed by atoms with van der Waals surface area (Å²) >= 11 is 0. The van der Waals surface area contributed by atoms with Crippen molar-refractivity contribution in [1.29, 1.82) is 0 Å². The summed E-state index contributed by atoms with van der Waals surface area (Å²) in [6.07, 6.45) is 1.31. The molecule has 0 aliphatic heterocycles. The van der Waals surface area contributed by atoms with E-state index in [4.69, 9.17) is 0 Å². The molecule has 0 aliphatic rings. The van der Waals surface area contributed by atoms with E-state index < -0.39 is 6.04 Å². The first-order valence-electron chi connectivity index (χ1n) is 8.78.